The second kappa shape index (κ2) is 5.07. The molecule has 0 heterocycles. The lowest BCUT2D eigenvalue weighted by Crippen LogP contribution is -2.25. The quantitative estimate of drug-likeness (QED) is 0.762. The van der Waals surface area contributed by atoms with Gasteiger partial charge in [-0.25, -0.2) is 4.39 Å². The Labute approximate surface area is 95.3 Å². The number of hydrogen-bond donors (Lipinski definition) is 2. The van der Waals surface area contributed by atoms with E-state index in [1.807, 2.05) is 0 Å². The Kier molecular flexibility index (Phi) is 4.00. The maximum atomic E-state index is 13.1. The van der Waals surface area contributed by atoms with Crippen LogP contribution in [-0.4, -0.2) is 15.9 Å². The van der Waals surface area contributed by atoms with Gasteiger partial charge in [-0.2, -0.15) is 0 Å². The monoisotopic (exact) mass is 244 g/mol. The maximum absolute atomic E-state index is 13.1. The molecule has 0 saturated heterocycles. The van der Waals surface area contributed by atoms with E-state index in [2.05, 4.69) is 0 Å². The summed E-state index contributed by atoms with van der Waals surface area (Å²) in [5.41, 5.74) is 10.3. The zero-order chi connectivity index (χ0) is 12.3. The molecule has 1 amide bonds. The summed E-state index contributed by atoms with van der Waals surface area (Å²) in [5, 5.41) is 0. The summed E-state index contributed by atoms with van der Waals surface area (Å²) in [5.74, 6) is -1.57. The maximum Gasteiger partial charge on any atom is 0.221 e. The zero-order valence-corrected chi connectivity index (χ0v) is 9.59. The van der Waals surface area contributed by atoms with Crippen molar-refractivity contribution in [2.45, 2.75) is 11.8 Å². The normalized spacial score (nSPS) is 14.4. The summed E-state index contributed by atoms with van der Waals surface area (Å²) in [6.07, 6.45) is 0. The number of benzene rings is 1. The van der Waals surface area contributed by atoms with Crippen molar-refractivity contribution >= 4 is 22.4 Å². The molecule has 6 heteroatoms. The van der Waals surface area contributed by atoms with Gasteiger partial charge in [0.1, 0.15) is 5.82 Å². The highest BCUT2D eigenvalue weighted by Gasteiger charge is 2.15. The highest BCUT2D eigenvalue weighted by molar-refractivity contribution is 7.85. The van der Waals surface area contributed by atoms with Gasteiger partial charge in [0, 0.05) is 16.6 Å². The van der Waals surface area contributed by atoms with Gasteiger partial charge < -0.3 is 11.5 Å². The number of nitrogens with two attached hydrogens (primary N) is 2. The highest BCUT2D eigenvalue weighted by atomic mass is 32.2. The van der Waals surface area contributed by atoms with Crippen molar-refractivity contribution in [3.63, 3.8) is 0 Å². The van der Waals surface area contributed by atoms with E-state index in [0.29, 0.717) is 4.90 Å². The van der Waals surface area contributed by atoms with Crippen molar-refractivity contribution in [2.75, 3.05) is 11.5 Å². The second-order valence-corrected chi connectivity index (χ2v) is 4.99. The molecule has 0 radical (unpaired) electrons. The predicted molar refractivity (Wildman–Crippen MR) is 60.4 cm³/mol. The van der Waals surface area contributed by atoms with Gasteiger partial charge in [0.2, 0.25) is 5.91 Å². The van der Waals surface area contributed by atoms with Crippen molar-refractivity contribution in [2.24, 2.45) is 11.7 Å². The van der Waals surface area contributed by atoms with Crippen LogP contribution in [0.5, 0.6) is 0 Å². The fourth-order valence-electron chi connectivity index (χ4n) is 1.05. The molecule has 2 unspecified atom stereocenters. The Hall–Kier alpha value is -1.43. The lowest BCUT2D eigenvalue weighted by Gasteiger charge is -2.07. The van der Waals surface area contributed by atoms with E-state index < -0.39 is 28.4 Å². The minimum absolute atomic E-state index is 0.00343. The van der Waals surface area contributed by atoms with Crippen LogP contribution in [0.1, 0.15) is 6.92 Å². The zero-order valence-electron chi connectivity index (χ0n) is 8.77. The van der Waals surface area contributed by atoms with E-state index in [1.165, 1.54) is 12.1 Å². The van der Waals surface area contributed by atoms with Crippen LogP contribution in [0.2, 0.25) is 0 Å². The van der Waals surface area contributed by atoms with Crippen molar-refractivity contribution in [1.29, 1.82) is 0 Å². The number of rotatable bonds is 4. The Bertz CT molecular complexity index is 437. The number of hydrogen-bond acceptors (Lipinski definition) is 3. The van der Waals surface area contributed by atoms with E-state index in [-0.39, 0.29) is 11.4 Å². The van der Waals surface area contributed by atoms with E-state index in [1.54, 1.807) is 6.92 Å². The minimum atomic E-state index is -1.45. The molecule has 1 rings (SSSR count). The number of anilines is 1. The summed E-state index contributed by atoms with van der Waals surface area (Å²) in [6, 6.07) is 3.93. The van der Waals surface area contributed by atoms with Crippen molar-refractivity contribution in [1.82, 2.24) is 0 Å². The van der Waals surface area contributed by atoms with E-state index in [0.717, 1.165) is 6.07 Å². The smallest absolute Gasteiger partial charge is 0.221 e. The van der Waals surface area contributed by atoms with Crippen LogP contribution < -0.4 is 11.5 Å². The molecule has 0 bridgehead atoms. The first-order valence-corrected chi connectivity index (χ1v) is 5.96. The first-order valence-electron chi connectivity index (χ1n) is 4.64. The third-order valence-corrected chi connectivity index (χ3v) is 3.70. The number of carbonyl (C=O) groups is 1. The summed E-state index contributed by atoms with van der Waals surface area (Å²) in [6.45, 7) is 1.58. The van der Waals surface area contributed by atoms with Gasteiger partial charge in [-0.1, -0.05) is 6.92 Å². The molecule has 88 valence electrons. The molecule has 1 aromatic carbocycles. The molecule has 0 fully saturated rings. The lowest BCUT2D eigenvalue weighted by atomic mass is 10.2. The van der Waals surface area contributed by atoms with Crippen LogP contribution >= 0.6 is 0 Å². The average molecular weight is 244 g/mol. The van der Waals surface area contributed by atoms with Crippen LogP contribution in [-0.2, 0) is 15.6 Å². The van der Waals surface area contributed by atoms with Crippen LogP contribution in [0, 0.1) is 11.7 Å². The van der Waals surface area contributed by atoms with E-state index in [9.17, 15) is 13.4 Å². The Morgan fingerprint density at radius 2 is 2.19 bits per heavy atom. The molecule has 0 aliphatic rings. The molecule has 4 N–H and O–H groups in total. The molecule has 0 aromatic heterocycles. The number of carbonyl (C=O) groups excluding carboxylic acids is 1. The molecule has 0 aliphatic heterocycles. The van der Waals surface area contributed by atoms with Crippen LogP contribution in [0.3, 0.4) is 0 Å². The summed E-state index contributed by atoms with van der Waals surface area (Å²) in [4.78, 5) is 11.1. The van der Waals surface area contributed by atoms with Crippen LogP contribution in [0.15, 0.2) is 23.1 Å². The molecule has 16 heavy (non-hydrogen) atoms. The number of nitrogen functional groups attached to an aromatic ring is 1. The number of amides is 1. The first kappa shape index (κ1) is 12.6. The first-order chi connectivity index (χ1) is 7.41. The van der Waals surface area contributed by atoms with Gasteiger partial charge in [0.05, 0.1) is 16.5 Å². The summed E-state index contributed by atoms with van der Waals surface area (Å²) in [7, 11) is -1.45. The molecule has 2 atom stereocenters. The van der Waals surface area contributed by atoms with Crippen LogP contribution in [0.4, 0.5) is 10.1 Å². The second-order valence-electron chi connectivity index (χ2n) is 3.50. The average Bonchev–Trinajstić information content (AvgIpc) is 2.21. The van der Waals surface area contributed by atoms with E-state index >= 15 is 0 Å². The Balaban J connectivity index is 2.81. The van der Waals surface area contributed by atoms with Crippen LogP contribution in [0.25, 0.3) is 0 Å². The number of halogens is 1. The SMILES string of the molecule is CC(CS(=O)c1ccc(N)c(F)c1)C(N)=O. The molecule has 4 nitrogen and oxygen atoms in total. The molecule has 0 spiro atoms. The third kappa shape index (κ3) is 3.03. The fourth-order valence-corrected chi connectivity index (χ4v) is 2.32. The van der Waals surface area contributed by atoms with Crippen molar-refractivity contribution in [3.05, 3.63) is 24.0 Å². The molecule has 0 saturated carbocycles. The van der Waals surface area contributed by atoms with Crippen molar-refractivity contribution < 1.29 is 13.4 Å². The Morgan fingerprint density at radius 1 is 1.56 bits per heavy atom. The highest BCUT2D eigenvalue weighted by Crippen LogP contribution is 2.16. The summed E-state index contributed by atoms with van der Waals surface area (Å²) < 4.78 is 24.8. The van der Waals surface area contributed by atoms with Gasteiger partial charge >= 0.3 is 0 Å². The van der Waals surface area contributed by atoms with Crippen molar-refractivity contribution in [3.8, 4) is 0 Å². The standard InChI is InChI=1S/C10H13FN2O2S/c1-6(10(13)14)5-16(15)7-2-3-9(12)8(11)4-7/h2-4,6H,5,12H2,1H3,(H2,13,14). The molecular weight excluding hydrogens is 231 g/mol. The minimum Gasteiger partial charge on any atom is -0.396 e. The van der Waals surface area contributed by atoms with E-state index in [4.69, 9.17) is 11.5 Å². The Morgan fingerprint density at radius 3 is 2.69 bits per heavy atom. The lowest BCUT2D eigenvalue weighted by molar-refractivity contribution is -0.120. The largest absolute Gasteiger partial charge is 0.396 e. The van der Waals surface area contributed by atoms with Gasteiger partial charge in [-0.15, -0.1) is 0 Å². The molecular formula is C10H13FN2O2S. The summed E-state index contributed by atoms with van der Waals surface area (Å²) >= 11 is 0. The third-order valence-electron chi connectivity index (χ3n) is 2.12. The topological polar surface area (TPSA) is 86.2 Å². The predicted octanol–water partition coefficient (Wildman–Crippen LogP) is 0.637. The van der Waals surface area contributed by atoms with Gasteiger partial charge in [0.15, 0.2) is 0 Å². The number of primary amides is 1. The fraction of sp³-hybridized carbons (Fsp3) is 0.300. The van der Waals surface area contributed by atoms with Gasteiger partial charge in [-0.05, 0) is 18.2 Å². The van der Waals surface area contributed by atoms with Gasteiger partial charge in [0.25, 0.3) is 0 Å². The molecule has 1 aromatic rings. The van der Waals surface area contributed by atoms with Gasteiger partial charge in [-0.3, -0.25) is 9.00 Å². The molecule has 0 aliphatic carbocycles.